The average Bonchev–Trinajstić information content (AvgIpc) is 2.16. The maximum atomic E-state index is 10.6. The van der Waals surface area contributed by atoms with Gasteiger partial charge in [-0.3, -0.25) is 9.78 Å². The van der Waals surface area contributed by atoms with Crippen LogP contribution in [0.4, 0.5) is 0 Å². The SMILES string of the molecule is O=C(O)Cc1ccnc2cc(O)ccc12. The molecule has 2 aromatic rings. The summed E-state index contributed by atoms with van der Waals surface area (Å²) in [7, 11) is 0. The minimum Gasteiger partial charge on any atom is -0.508 e. The van der Waals surface area contributed by atoms with E-state index < -0.39 is 5.97 Å². The number of aromatic hydroxyl groups is 1. The van der Waals surface area contributed by atoms with E-state index in [4.69, 9.17) is 5.11 Å². The zero-order chi connectivity index (χ0) is 10.8. The van der Waals surface area contributed by atoms with Crippen molar-refractivity contribution in [2.45, 2.75) is 6.42 Å². The van der Waals surface area contributed by atoms with Crippen LogP contribution in [-0.2, 0) is 11.2 Å². The van der Waals surface area contributed by atoms with Gasteiger partial charge in [0.15, 0.2) is 0 Å². The Balaban J connectivity index is 2.60. The van der Waals surface area contributed by atoms with E-state index in [1.807, 2.05) is 0 Å². The molecule has 0 unspecified atom stereocenters. The van der Waals surface area contributed by atoms with E-state index in [1.165, 1.54) is 12.1 Å². The predicted molar refractivity (Wildman–Crippen MR) is 54.7 cm³/mol. The van der Waals surface area contributed by atoms with Gasteiger partial charge in [0.1, 0.15) is 5.75 Å². The van der Waals surface area contributed by atoms with E-state index in [-0.39, 0.29) is 12.2 Å². The molecule has 4 heteroatoms. The van der Waals surface area contributed by atoms with Crippen molar-refractivity contribution in [2.24, 2.45) is 0 Å². The van der Waals surface area contributed by atoms with Gasteiger partial charge in [0, 0.05) is 17.6 Å². The van der Waals surface area contributed by atoms with Crippen LogP contribution in [0.5, 0.6) is 5.75 Å². The quantitative estimate of drug-likeness (QED) is 0.777. The van der Waals surface area contributed by atoms with Crippen LogP contribution in [0.25, 0.3) is 10.9 Å². The number of rotatable bonds is 2. The van der Waals surface area contributed by atoms with E-state index in [2.05, 4.69) is 4.98 Å². The molecular formula is C11H9NO3. The predicted octanol–water partition coefficient (Wildman–Crippen LogP) is 1.57. The Morgan fingerprint density at radius 1 is 1.33 bits per heavy atom. The van der Waals surface area contributed by atoms with Crippen molar-refractivity contribution < 1.29 is 15.0 Å². The van der Waals surface area contributed by atoms with Crippen molar-refractivity contribution in [1.29, 1.82) is 0 Å². The number of carboxylic acid groups (broad SMARTS) is 1. The summed E-state index contributed by atoms with van der Waals surface area (Å²) in [6.45, 7) is 0. The van der Waals surface area contributed by atoms with Crippen LogP contribution in [0.15, 0.2) is 30.5 Å². The Morgan fingerprint density at radius 2 is 2.13 bits per heavy atom. The van der Waals surface area contributed by atoms with Crippen molar-refractivity contribution in [3.63, 3.8) is 0 Å². The Hall–Kier alpha value is -2.10. The molecule has 0 radical (unpaired) electrons. The van der Waals surface area contributed by atoms with Crippen LogP contribution in [0, 0.1) is 0 Å². The van der Waals surface area contributed by atoms with Crippen LogP contribution >= 0.6 is 0 Å². The fourth-order valence-electron chi connectivity index (χ4n) is 1.51. The maximum Gasteiger partial charge on any atom is 0.307 e. The van der Waals surface area contributed by atoms with E-state index in [0.29, 0.717) is 11.1 Å². The highest BCUT2D eigenvalue weighted by Gasteiger charge is 2.06. The van der Waals surface area contributed by atoms with Gasteiger partial charge in [-0.2, -0.15) is 0 Å². The Kier molecular flexibility index (Phi) is 2.25. The first-order valence-electron chi connectivity index (χ1n) is 4.45. The molecule has 1 aromatic heterocycles. The molecule has 0 atom stereocenters. The third-order valence-corrected chi connectivity index (χ3v) is 2.16. The number of aliphatic carboxylic acids is 1. The third kappa shape index (κ3) is 1.88. The second-order valence-electron chi connectivity index (χ2n) is 3.24. The van der Waals surface area contributed by atoms with Crippen molar-refractivity contribution in [1.82, 2.24) is 4.98 Å². The van der Waals surface area contributed by atoms with Crippen molar-refractivity contribution in [3.8, 4) is 5.75 Å². The number of benzene rings is 1. The molecule has 2 rings (SSSR count). The third-order valence-electron chi connectivity index (χ3n) is 2.16. The summed E-state index contributed by atoms with van der Waals surface area (Å²) in [4.78, 5) is 14.7. The Morgan fingerprint density at radius 3 is 2.87 bits per heavy atom. The van der Waals surface area contributed by atoms with Gasteiger partial charge in [-0.25, -0.2) is 0 Å². The molecule has 0 aliphatic rings. The van der Waals surface area contributed by atoms with E-state index in [0.717, 1.165) is 5.39 Å². The second kappa shape index (κ2) is 3.57. The molecule has 76 valence electrons. The number of pyridine rings is 1. The van der Waals surface area contributed by atoms with Crippen LogP contribution in [0.2, 0.25) is 0 Å². The van der Waals surface area contributed by atoms with Crippen LogP contribution in [0.1, 0.15) is 5.56 Å². The van der Waals surface area contributed by atoms with Gasteiger partial charge in [0.25, 0.3) is 0 Å². The lowest BCUT2D eigenvalue weighted by Gasteiger charge is -2.03. The van der Waals surface area contributed by atoms with E-state index >= 15 is 0 Å². The molecule has 0 aliphatic carbocycles. The number of hydrogen-bond donors (Lipinski definition) is 2. The fourth-order valence-corrected chi connectivity index (χ4v) is 1.51. The summed E-state index contributed by atoms with van der Waals surface area (Å²) < 4.78 is 0. The first-order chi connectivity index (χ1) is 7.16. The number of carboxylic acids is 1. The summed E-state index contributed by atoms with van der Waals surface area (Å²) in [6.07, 6.45) is 1.50. The molecule has 0 spiro atoms. The van der Waals surface area contributed by atoms with Crippen LogP contribution in [-0.4, -0.2) is 21.2 Å². The fraction of sp³-hybridized carbons (Fsp3) is 0.0909. The first-order valence-corrected chi connectivity index (χ1v) is 4.45. The molecule has 0 bridgehead atoms. The zero-order valence-corrected chi connectivity index (χ0v) is 7.84. The highest BCUT2D eigenvalue weighted by molar-refractivity contribution is 5.86. The van der Waals surface area contributed by atoms with Gasteiger partial charge in [-0.15, -0.1) is 0 Å². The average molecular weight is 203 g/mol. The van der Waals surface area contributed by atoms with Crippen molar-refractivity contribution in [2.75, 3.05) is 0 Å². The molecule has 0 saturated carbocycles. The van der Waals surface area contributed by atoms with Gasteiger partial charge in [-0.1, -0.05) is 0 Å². The number of phenolic OH excluding ortho intramolecular Hbond substituents is 1. The maximum absolute atomic E-state index is 10.6. The van der Waals surface area contributed by atoms with Gasteiger partial charge in [-0.05, 0) is 23.8 Å². The molecule has 2 N–H and O–H groups in total. The number of carbonyl (C=O) groups is 1. The molecule has 1 heterocycles. The smallest absolute Gasteiger partial charge is 0.307 e. The standard InChI is InChI=1S/C11H9NO3/c13-8-1-2-9-7(5-11(14)15)3-4-12-10(9)6-8/h1-4,6,13H,5H2,(H,14,15). The Labute approximate surface area is 85.8 Å². The molecule has 1 aromatic carbocycles. The van der Waals surface area contributed by atoms with Gasteiger partial charge in [0.05, 0.1) is 11.9 Å². The number of nitrogens with zero attached hydrogens (tertiary/aromatic N) is 1. The lowest BCUT2D eigenvalue weighted by Crippen LogP contribution is -2.00. The molecular weight excluding hydrogens is 194 g/mol. The van der Waals surface area contributed by atoms with Gasteiger partial charge in [0.2, 0.25) is 0 Å². The lowest BCUT2D eigenvalue weighted by atomic mass is 10.1. The highest BCUT2D eigenvalue weighted by atomic mass is 16.4. The summed E-state index contributed by atoms with van der Waals surface area (Å²) in [5.41, 5.74) is 1.31. The Bertz CT molecular complexity index is 522. The minimum absolute atomic E-state index is 0.0379. The lowest BCUT2D eigenvalue weighted by molar-refractivity contribution is -0.136. The van der Waals surface area contributed by atoms with Crippen LogP contribution < -0.4 is 0 Å². The molecule has 15 heavy (non-hydrogen) atoms. The van der Waals surface area contributed by atoms with Crippen molar-refractivity contribution in [3.05, 3.63) is 36.0 Å². The van der Waals surface area contributed by atoms with Gasteiger partial charge >= 0.3 is 5.97 Å². The summed E-state index contributed by atoms with van der Waals surface area (Å²) in [6, 6.07) is 6.39. The zero-order valence-electron chi connectivity index (χ0n) is 7.84. The second-order valence-corrected chi connectivity index (χ2v) is 3.24. The number of aromatic nitrogens is 1. The molecule has 0 saturated heterocycles. The first kappa shape index (κ1) is 9.45. The minimum atomic E-state index is -0.879. The molecule has 0 aliphatic heterocycles. The van der Waals surface area contributed by atoms with Crippen LogP contribution in [0.3, 0.4) is 0 Å². The number of fused-ring (bicyclic) bond motifs is 1. The molecule has 4 nitrogen and oxygen atoms in total. The van der Waals surface area contributed by atoms with Gasteiger partial charge < -0.3 is 10.2 Å². The largest absolute Gasteiger partial charge is 0.508 e. The summed E-state index contributed by atoms with van der Waals surface area (Å²) in [5, 5.41) is 18.7. The summed E-state index contributed by atoms with van der Waals surface area (Å²) >= 11 is 0. The topological polar surface area (TPSA) is 70.4 Å². The van der Waals surface area contributed by atoms with Crippen molar-refractivity contribution >= 4 is 16.9 Å². The number of phenols is 1. The summed E-state index contributed by atoms with van der Waals surface area (Å²) in [5.74, 6) is -0.752. The molecule has 0 fully saturated rings. The van der Waals surface area contributed by atoms with E-state index in [9.17, 15) is 9.90 Å². The monoisotopic (exact) mass is 203 g/mol. The highest BCUT2D eigenvalue weighted by Crippen LogP contribution is 2.21. The molecule has 0 amide bonds. The normalized spacial score (nSPS) is 10.4. The number of hydrogen-bond acceptors (Lipinski definition) is 3. The van der Waals surface area contributed by atoms with E-state index in [1.54, 1.807) is 18.3 Å².